The van der Waals surface area contributed by atoms with Gasteiger partial charge in [0.1, 0.15) is 30.5 Å². The van der Waals surface area contributed by atoms with Crippen LogP contribution in [0.15, 0.2) is 24.3 Å². The van der Waals surface area contributed by atoms with Crippen LogP contribution in [0.25, 0.3) is 0 Å². The van der Waals surface area contributed by atoms with Crippen LogP contribution in [0.2, 0.25) is 0 Å². The quantitative estimate of drug-likeness (QED) is 0.814. The van der Waals surface area contributed by atoms with Gasteiger partial charge in [0.25, 0.3) is 0 Å². The van der Waals surface area contributed by atoms with Gasteiger partial charge in [0.15, 0.2) is 0 Å². The number of carbonyl (C=O) groups is 1. The van der Waals surface area contributed by atoms with E-state index < -0.39 is 0 Å². The summed E-state index contributed by atoms with van der Waals surface area (Å²) in [5.74, 6) is 2.50. The van der Waals surface area contributed by atoms with Gasteiger partial charge in [-0.25, -0.2) is 9.67 Å². The van der Waals surface area contributed by atoms with E-state index >= 15 is 0 Å². The molecule has 2 aromatic rings. The molecule has 146 valence electrons. The Labute approximate surface area is 161 Å². The number of ether oxygens (including phenoxy) is 1. The predicted octanol–water partition coefficient (Wildman–Crippen LogP) is 3.31. The SMILES string of the molecule is Cc1nc(C)n(CC(=O)N2CCCCCCCc3ccccc3OCC2)n1. The van der Waals surface area contributed by atoms with Crippen molar-refractivity contribution < 1.29 is 9.53 Å². The van der Waals surface area contributed by atoms with Crippen molar-refractivity contribution in [2.75, 3.05) is 19.7 Å². The maximum absolute atomic E-state index is 12.8. The molecular formula is C21H30N4O2. The average Bonchev–Trinajstić information content (AvgIpc) is 2.97. The molecule has 3 rings (SSSR count). The molecule has 0 bridgehead atoms. The first-order valence-electron chi connectivity index (χ1n) is 10.00. The maximum Gasteiger partial charge on any atom is 0.244 e. The van der Waals surface area contributed by atoms with Gasteiger partial charge in [-0.15, -0.1) is 0 Å². The molecule has 1 aliphatic heterocycles. The number of para-hydroxylation sites is 1. The molecule has 0 unspecified atom stereocenters. The minimum Gasteiger partial charge on any atom is -0.491 e. The van der Waals surface area contributed by atoms with Gasteiger partial charge in [0.2, 0.25) is 5.91 Å². The molecule has 6 heteroatoms. The van der Waals surface area contributed by atoms with E-state index in [0.29, 0.717) is 19.0 Å². The van der Waals surface area contributed by atoms with E-state index in [9.17, 15) is 4.79 Å². The summed E-state index contributed by atoms with van der Waals surface area (Å²) in [5, 5.41) is 4.32. The average molecular weight is 370 g/mol. The first kappa shape index (κ1) is 19.4. The Morgan fingerprint density at radius 2 is 1.85 bits per heavy atom. The van der Waals surface area contributed by atoms with Gasteiger partial charge in [-0.2, -0.15) is 5.10 Å². The maximum atomic E-state index is 12.8. The Morgan fingerprint density at radius 1 is 1.07 bits per heavy atom. The lowest BCUT2D eigenvalue weighted by Gasteiger charge is -2.23. The highest BCUT2D eigenvalue weighted by atomic mass is 16.5. The Hall–Kier alpha value is -2.37. The second-order valence-corrected chi connectivity index (χ2v) is 7.22. The lowest BCUT2D eigenvalue weighted by atomic mass is 10.0. The van der Waals surface area contributed by atoms with Gasteiger partial charge in [0.05, 0.1) is 6.54 Å². The second-order valence-electron chi connectivity index (χ2n) is 7.22. The van der Waals surface area contributed by atoms with Crippen LogP contribution < -0.4 is 4.74 Å². The lowest BCUT2D eigenvalue weighted by Crippen LogP contribution is -2.38. The zero-order valence-corrected chi connectivity index (χ0v) is 16.5. The molecule has 1 aromatic carbocycles. The van der Waals surface area contributed by atoms with E-state index in [1.807, 2.05) is 30.9 Å². The molecule has 0 N–H and O–H groups in total. The minimum absolute atomic E-state index is 0.0785. The number of nitrogens with zero attached hydrogens (tertiary/aromatic N) is 4. The summed E-state index contributed by atoms with van der Waals surface area (Å²) >= 11 is 0. The fraction of sp³-hybridized carbons (Fsp3) is 0.571. The van der Waals surface area contributed by atoms with Crippen molar-refractivity contribution in [1.82, 2.24) is 19.7 Å². The smallest absolute Gasteiger partial charge is 0.244 e. The van der Waals surface area contributed by atoms with Crippen LogP contribution in [-0.4, -0.2) is 45.3 Å². The third-order valence-electron chi connectivity index (χ3n) is 5.07. The van der Waals surface area contributed by atoms with Gasteiger partial charge in [0, 0.05) is 6.54 Å². The first-order chi connectivity index (χ1) is 13.1. The molecule has 0 saturated carbocycles. The van der Waals surface area contributed by atoms with E-state index in [0.717, 1.165) is 37.4 Å². The summed E-state index contributed by atoms with van der Waals surface area (Å²) < 4.78 is 7.72. The zero-order chi connectivity index (χ0) is 19.1. The van der Waals surface area contributed by atoms with Crippen molar-refractivity contribution in [3.8, 4) is 5.75 Å². The Kier molecular flexibility index (Phi) is 6.85. The molecule has 1 aromatic heterocycles. The second kappa shape index (κ2) is 9.53. The molecule has 0 radical (unpaired) electrons. The number of hydrogen-bond acceptors (Lipinski definition) is 4. The lowest BCUT2D eigenvalue weighted by molar-refractivity contribution is -0.132. The number of aryl methyl sites for hydroxylation is 3. The predicted molar refractivity (Wildman–Crippen MR) is 105 cm³/mol. The summed E-state index contributed by atoms with van der Waals surface area (Å²) in [4.78, 5) is 19.0. The van der Waals surface area contributed by atoms with Gasteiger partial charge >= 0.3 is 0 Å². The summed E-state index contributed by atoms with van der Waals surface area (Å²) in [5.41, 5.74) is 1.27. The normalized spacial score (nSPS) is 16.4. The highest BCUT2D eigenvalue weighted by Gasteiger charge is 2.17. The van der Waals surface area contributed by atoms with E-state index in [4.69, 9.17) is 4.74 Å². The van der Waals surface area contributed by atoms with Crippen molar-refractivity contribution in [2.45, 2.75) is 58.9 Å². The first-order valence-corrected chi connectivity index (χ1v) is 10.00. The van der Waals surface area contributed by atoms with Crippen molar-refractivity contribution in [3.63, 3.8) is 0 Å². The number of rotatable bonds is 2. The molecule has 0 fully saturated rings. The third-order valence-corrected chi connectivity index (χ3v) is 5.07. The van der Waals surface area contributed by atoms with Crippen LogP contribution in [0.4, 0.5) is 0 Å². The van der Waals surface area contributed by atoms with Crippen LogP contribution in [0.5, 0.6) is 5.75 Å². The Morgan fingerprint density at radius 3 is 2.67 bits per heavy atom. The summed E-state index contributed by atoms with van der Waals surface area (Å²) in [6.45, 7) is 5.85. The third kappa shape index (κ3) is 5.55. The van der Waals surface area contributed by atoms with Crippen LogP contribution in [0.3, 0.4) is 0 Å². The van der Waals surface area contributed by atoms with Crippen molar-refractivity contribution >= 4 is 5.91 Å². The molecule has 2 heterocycles. The number of fused-ring (bicyclic) bond motifs is 1. The van der Waals surface area contributed by atoms with Gasteiger partial charge < -0.3 is 9.64 Å². The summed E-state index contributed by atoms with van der Waals surface area (Å²) in [7, 11) is 0. The number of carbonyl (C=O) groups excluding carboxylic acids is 1. The fourth-order valence-electron chi connectivity index (χ4n) is 3.57. The molecule has 0 saturated heterocycles. The van der Waals surface area contributed by atoms with Gasteiger partial charge in [-0.1, -0.05) is 37.5 Å². The van der Waals surface area contributed by atoms with Crippen LogP contribution in [0, 0.1) is 13.8 Å². The van der Waals surface area contributed by atoms with E-state index in [2.05, 4.69) is 22.2 Å². The van der Waals surface area contributed by atoms with Crippen LogP contribution in [-0.2, 0) is 17.8 Å². The van der Waals surface area contributed by atoms with Crippen molar-refractivity contribution in [3.05, 3.63) is 41.5 Å². The van der Waals surface area contributed by atoms with Gasteiger partial charge in [-0.05, 0) is 44.7 Å². The number of benzene rings is 1. The topological polar surface area (TPSA) is 60.2 Å². The Balaban J connectivity index is 1.66. The zero-order valence-electron chi connectivity index (χ0n) is 16.5. The molecule has 27 heavy (non-hydrogen) atoms. The molecule has 0 spiro atoms. The summed E-state index contributed by atoms with van der Waals surface area (Å²) in [6.07, 6.45) is 6.88. The van der Waals surface area contributed by atoms with E-state index in [1.54, 1.807) is 4.68 Å². The molecule has 1 aliphatic rings. The van der Waals surface area contributed by atoms with Crippen molar-refractivity contribution in [1.29, 1.82) is 0 Å². The molecule has 1 amide bonds. The minimum atomic E-state index is 0.0785. The van der Waals surface area contributed by atoms with Crippen molar-refractivity contribution in [2.24, 2.45) is 0 Å². The molecule has 0 aliphatic carbocycles. The Bertz CT molecular complexity index is 756. The largest absolute Gasteiger partial charge is 0.491 e. The highest BCUT2D eigenvalue weighted by molar-refractivity contribution is 5.75. The fourth-order valence-corrected chi connectivity index (χ4v) is 3.57. The van der Waals surface area contributed by atoms with Gasteiger partial charge in [-0.3, -0.25) is 4.79 Å². The van der Waals surface area contributed by atoms with E-state index in [-0.39, 0.29) is 12.5 Å². The van der Waals surface area contributed by atoms with E-state index in [1.165, 1.54) is 24.8 Å². The monoisotopic (exact) mass is 370 g/mol. The van der Waals surface area contributed by atoms with Crippen LogP contribution >= 0.6 is 0 Å². The number of aromatic nitrogens is 3. The molecular weight excluding hydrogens is 340 g/mol. The standard InChI is InChI=1S/C21H30N4O2/c1-17-22-18(2)25(23-17)16-21(26)24-13-9-5-3-4-6-10-19-11-7-8-12-20(19)27-15-14-24/h7-8,11-12H,3-6,9-10,13-16H2,1-2H3. The highest BCUT2D eigenvalue weighted by Crippen LogP contribution is 2.21. The molecule has 0 atom stereocenters. The number of hydrogen-bond donors (Lipinski definition) is 0. The van der Waals surface area contributed by atoms with Crippen LogP contribution in [0.1, 0.15) is 49.3 Å². The summed E-state index contributed by atoms with van der Waals surface area (Å²) in [6, 6.07) is 8.25. The number of amides is 1. The molecule has 6 nitrogen and oxygen atoms in total.